The summed E-state index contributed by atoms with van der Waals surface area (Å²) in [6.45, 7) is 4.39. The van der Waals surface area contributed by atoms with Crippen molar-refractivity contribution < 1.29 is 0 Å². The number of nitrogens with zero attached hydrogens (tertiary/aromatic N) is 1. The van der Waals surface area contributed by atoms with Crippen LogP contribution in [-0.2, 0) is 0 Å². The summed E-state index contributed by atoms with van der Waals surface area (Å²) in [5.41, 5.74) is 1.07. The van der Waals surface area contributed by atoms with E-state index >= 15 is 0 Å². The van der Waals surface area contributed by atoms with Gasteiger partial charge in [0.1, 0.15) is 6.04 Å². The smallest absolute Gasteiger partial charge is 0.120 e. The molecule has 2 heteroatoms. The molecule has 0 saturated carbocycles. The Morgan fingerprint density at radius 2 is 1.56 bits per heavy atom. The predicted octanol–water partition coefficient (Wildman–Crippen LogP) is 5.49. The van der Waals surface area contributed by atoms with Crippen LogP contribution < -0.4 is 0 Å². The van der Waals surface area contributed by atoms with Gasteiger partial charge in [0.2, 0.25) is 0 Å². The maximum absolute atomic E-state index is 11.2. The lowest BCUT2D eigenvalue weighted by molar-refractivity contribution is 0.355. The second-order valence-electron chi connectivity index (χ2n) is 5.01. The molecule has 0 spiro atoms. The van der Waals surface area contributed by atoms with Crippen LogP contribution in [-0.4, -0.2) is 0 Å². The topological polar surface area (TPSA) is 29.4 Å². The van der Waals surface area contributed by atoms with Crippen LogP contribution in [0.4, 0.5) is 0 Å². The molecule has 1 rings (SSSR count). The fraction of sp³-hybridized carbons (Fsp3) is 0.625. The van der Waals surface area contributed by atoms with Gasteiger partial charge in [-0.2, -0.15) is 4.91 Å². The van der Waals surface area contributed by atoms with Crippen molar-refractivity contribution in [1.82, 2.24) is 0 Å². The van der Waals surface area contributed by atoms with Crippen LogP contribution in [0.3, 0.4) is 0 Å². The van der Waals surface area contributed by atoms with Gasteiger partial charge >= 0.3 is 0 Å². The summed E-state index contributed by atoms with van der Waals surface area (Å²) in [5, 5.41) is 3.41. The van der Waals surface area contributed by atoms with E-state index in [2.05, 4.69) is 19.0 Å². The molecule has 1 aromatic carbocycles. The third kappa shape index (κ3) is 4.59. The number of nitroso groups, excluding NO2 is 1. The van der Waals surface area contributed by atoms with E-state index < -0.39 is 0 Å². The minimum atomic E-state index is -0.163. The van der Waals surface area contributed by atoms with Crippen LogP contribution in [0, 0.1) is 10.8 Å². The molecule has 0 N–H and O–H groups in total. The fourth-order valence-corrected chi connectivity index (χ4v) is 2.46. The van der Waals surface area contributed by atoms with E-state index in [4.69, 9.17) is 0 Å². The van der Waals surface area contributed by atoms with E-state index in [1.165, 1.54) is 25.7 Å². The molecule has 100 valence electrons. The molecule has 18 heavy (non-hydrogen) atoms. The highest BCUT2D eigenvalue weighted by molar-refractivity contribution is 5.19. The molecule has 0 bridgehead atoms. The second-order valence-corrected chi connectivity index (χ2v) is 5.01. The Labute approximate surface area is 111 Å². The standard InChI is InChI=1S/C16H25NO/c1-3-5-10-14(11-6-4-2)16(17-18)15-12-8-7-9-13-15/h7-9,12-14,16H,3-6,10-11H2,1-2H3. The number of hydrogen-bond donors (Lipinski definition) is 0. The molecule has 0 aromatic heterocycles. The van der Waals surface area contributed by atoms with Crippen LogP contribution in [0.15, 0.2) is 35.5 Å². The monoisotopic (exact) mass is 247 g/mol. The van der Waals surface area contributed by atoms with Gasteiger partial charge in [-0.05, 0) is 24.3 Å². The minimum Gasteiger partial charge on any atom is -0.150 e. The first-order valence-electron chi connectivity index (χ1n) is 7.20. The van der Waals surface area contributed by atoms with E-state index in [0.717, 1.165) is 18.4 Å². The Balaban J connectivity index is 2.75. The van der Waals surface area contributed by atoms with Crippen LogP contribution >= 0.6 is 0 Å². The number of benzene rings is 1. The highest BCUT2D eigenvalue weighted by Gasteiger charge is 2.23. The van der Waals surface area contributed by atoms with E-state index in [9.17, 15) is 4.91 Å². The van der Waals surface area contributed by atoms with Crippen molar-refractivity contribution in [2.45, 2.75) is 58.4 Å². The molecule has 0 heterocycles. The minimum absolute atomic E-state index is 0.163. The summed E-state index contributed by atoms with van der Waals surface area (Å²) in [7, 11) is 0. The third-order valence-electron chi connectivity index (χ3n) is 3.56. The molecule has 0 amide bonds. The van der Waals surface area contributed by atoms with Crippen LogP contribution in [0.5, 0.6) is 0 Å². The van der Waals surface area contributed by atoms with Crippen molar-refractivity contribution in [2.24, 2.45) is 11.1 Å². The van der Waals surface area contributed by atoms with Gasteiger partial charge in [0.25, 0.3) is 0 Å². The van der Waals surface area contributed by atoms with Crippen molar-refractivity contribution in [1.29, 1.82) is 0 Å². The van der Waals surface area contributed by atoms with Crippen molar-refractivity contribution in [3.8, 4) is 0 Å². The lowest BCUT2D eigenvalue weighted by Gasteiger charge is -2.22. The van der Waals surface area contributed by atoms with E-state index in [1.807, 2.05) is 30.3 Å². The molecule has 0 aliphatic rings. The molecular formula is C16H25NO. The van der Waals surface area contributed by atoms with Crippen molar-refractivity contribution >= 4 is 0 Å². The third-order valence-corrected chi connectivity index (χ3v) is 3.56. The number of unbranched alkanes of at least 4 members (excludes halogenated alkanes) is 2. The summed E-state index contributed by atoms with van der Waals surface area (Å²) in [6.07, 6.45) is 6.97. The van der Waals surface area contributed by atoms with Gasteiger partial charge in [0.05, 0.1) is 0 Å². The molecule has 0 fully saturated rings. The number of rotatable bonds is 9. The quantitative estimate of drug-likeness (QED) is 0.530. The normalized spacial score (nSPS) is 12.6. The first-order chi connectivity index (χ1) is 8.83. The zero-order valence-electron chi connectivity index (χ0n) is 11.6. The van der Waals surface area contributed by atoms with Gasteiger partial charge in [-0.1, -0.05) is 75.0 Å². The molecular weight excluding hydrogens is 222 g/mol. The summed E-state index contributed by atoms with van der Waals surface area (Å²) >= 11 is 0. The van der Waals surface area contributed by atoms with E-state index in [-0.39, 0.29) is 6.04 Å². The average Bonchev–Trinajstić information content (AvgIpc) is 2.43. The predicted molar refractivity (Wildman–Crippen MR) is 77.5 cm³/mol. The summed E-state index contributed by atoms with van der Waals surface area (Å²) < 4.78 is 0. The zero-order valence-corrected chi connectivity index (χ0v) is 11.6. The Morgan fingerprint density at radius 3 is 2.00 bits per heavy atom. The lowest BCUT2D eigenvalue weighted by Crippen LogP contribution is -2.11. The van der Waals surface area contributed by atoms with Gasteiger partial charge in [0, 0.05) is 0 Å². The van der Waals surface area contributed by atoms with Crippen molar-refractivity contribution in [3.63, 3.8) is 0 Å². The number of hydrogen-bond acceptors (Lipinski definition) is 2. The summed E-state index contributed by atoms with van der Waals surface area (Å²) in [6, 6.07) is 9.85. The van der Waals surface area contributed by atoms with Crippen molar-refractivity contribution in [2.75, 3.05) is 0 Å². The largest absolute Gasteiger partial charge is 0.150 e. The first-order valence-corrected chi connectivity index (χ1v) is 7.20. The maximum atomic E-state index is 11.2. The van der Waals surface area contributed by atoms with Gasteiger partial charge in [0.15, 0.2) is 0 Å². The van der Waals surface area contributed by atoms with Crippen LogP contribution in [0.25, 0.3) is 0 Å². The Kier molecular flexibility index (Phi) is 7.31. The summed E-state index contributed by atoms with van der Waals surface area (Å²) in [4.78, 5) is 11.2. The van der Waals surface area contributed by atoms with Crippen LogP contribution in [0.2, 0.25) is 0 Å². The molecule has 0 aliphatic heterocycles. The highest BCUT2D eigenvalue weighted by atomic mass is 16.3. The maximum Gasteiger partial charge on any atom is 0.120 e. The lowest BCUT2D eigenvalue weighted by atomic mass is 9.85. The molecule has 1 aromatic rings. The Morgan fingerprint density at radius 1 is 1.00 bits per heavy atom. The molecule has 0 saturated heterocycles. The van der Waals surface area contributed by atoms with Gasteiger partial charge in [-0.3, -0.25) is 0 Å². The van der Waals surface area contributed by atoms with Crippen LogP contribution in [0.1, 0.15) is 64.0 Å². The highest BCUT2D eigenvalue weighted by Crippen LogP contribution is 2.33. The van der Waals surface area contributed by atoms with Gasteiger partial charge in [-0.15, -0.1) is 0 Å². The molecule has 2 nitrogen and oxygen atoms in total. The molecule has 1 unspecified atom stereocenters. The van der Waals surface area contributed by atoms with Crippen molar-refractivity contribution in [3.05, 3.63) is 40.8 Å². The van der Waals surface area contributed by atoms with Gasteiger partial charge < -0.3 is 0 Å². The first kappa shape index (κ1) is 14.9. The Bertz CT molecular complexity index is 315. The second kappa shape index (κ2) is 8.84. The SMILES string of the molecule is CCCCC(CCCC)C(N=O)c1ccccc1. The average molecular weight is 247 g/mol. The molecule has 0 aliphatic carbocycles. The molecule has 1 atom stereocenters. The summed E-state index contributed by atoms with van der Waals surface area (Å²) in [5.74, 6) is 0.407. The molecule has 0 radical (unpaired) electrons. The van der Waals surface area contributed by atoms with Gasteiger partial charge in [-0.25, -0.2) is 0 Å². The zero-order chi connectivity index (χ0) is 13.2. The van der Waals surface area contributed by atoms with E-state index in [1.54, 1.807) is 0 Å². The van der Waals surface area contributed by atoms with E-state index in [0.29, 0.717) is 5.92 Å². The fourth-order valence-electron chi connectivity index (χ4n) is 2.46. The Hall–Kier alpha value is -1.18.